The molecule has 0 aromatic carbocycles. The number of nitrogens with zero attached hydrogens (tertiary/aromatic N) is 2. The summed E-state index contributed by atoms with van der Waals surface area (Å²) in [7, 11) is 2.26. The number of rotatable bonds is 0. The molecule has 1 saturated heterocycles. The molecule has 2 rings (SSSR count). The van der Waals surface area contributed by atoms with Crippen molar-refractivity contribution < 1.29 is 0 Å². The van der Waals surface area contributed by atoms with E-state index in [9.17, 15) is 0 Å². The summed E-state index contributed by atoms with van der Waals surface area (Å²) in [6, 6.07) is 0. The van der Waals surface area contributed by atoms with E-state index in [1.807, 2.05) is 0 Å². The summed E-state index contributed by atoms with van der Waals surface area (Å²) in [6.07, 6.45) is 2.84. The molecule has 10 heavy (non-hydrogen) atoms. The lowest BCUT2D eigenvalue weighted by Crippen LogP contribution is -2.49. The molecule has 3 heteroatoms. The van der Waals surface area contributed by atoms with Gasteiger partial charge < -0.3 is 0 Å². The Morgan fingerprint density at radius 2 is 2.00 bits per heavy atom. The second-order valence-electron chi connectivity index (χ2n) is 3.49. The van der Waals surface area contributed by atoms with E-state index in [0.29, 0.717) is 5.54 Å². The van der Waals surface area contributed by atoms with Crippen LogP contribution in [0.25, 0.3) is 0 Å². The third kappa shape index (κ3) is 1.08. The molecule has 2 nitrogen and oxygen atoms in total. The fourth-order valence-corrected chi connectivity index (χ4v) is 2.55. The normalized spacial score (nSPS) is 33.0. The van der Waals surface area contributed by atoms with Gasteiger partial charge in [0.25, 0.3) is 0 Å². The molecule has 0 atom stereocenters. The molecule has 0 unspecified atom stereocenters. The highest BCUT2D eigenvalue weighted by atomic mass is 127. The van der Waals surface area contributed by atoms with Gasteiger partial charge in [0.15, 0.2) is 0 Å². The van der Waals surface area contributed by atoms with E-state index in [1.54, 1.807) is 0 Å². The zero-order valence-corrected chi connectivity index (χ0v) is 8.47. The number of halogens is 1. The van der Waals surface area contributed by atoms with Crippen molar-refractivity contribution in [3.63, 3.8) is 0 Å². The lowest BCUT2D eigenvalue weighted by atomic mass is 10.2. The van der Waals surface area contributed by atoms with Crippen LogP contribution in [0.15, 0.2) is 0 Å². The number of piperazine rings is 1. The molecule has 0 radical (unpaired) electrons. The zero-order valence-electron chi connectivity index (χ0n) is 6.31. The molecular formula is C7H13IN2. The largest absolute Gasteiger partial charge is 0.298 e. The molecule has 0 aromatic heterocycles. The molecule has 0 bridgehead atoms. The predicted octanol–water partition coefficient (Wildman–Crippen LogP) is 1.12. The van der Waals surface area contributed by atoms with Crippen LogP contribution in [0.1, 0.15) is 12.8 Å². The van der Waals surface area contributed by atoms with Gasteiger partial charge in [0.05, 0.1) is 0 Å². The first-order chi connectivity index (χ1) is 4.73. The summed E-state index contributed by atoms with van der Waals surface area (Å²) < 4.78 is 2.42. The van der Waals surface area contributed by atoms with Crippen LogP contribution in [-0.2, 0) is 0 Å². The van der Waals surface area contributed by atoms with Gasteiger partial charge in [-0.25, -0.2) is 3.11 Å². The first-order valence-electron chi connectivity index (χ1n) is 3.85. The van der Waals surface area contributed by atoms with Crippen molar-refractivity contribution in [3.05, 3.63) is 0 Å². The van der Waals surface area contributed by atoms with Crippen LogP contribution in [0.3, 0.4) is 0 Å². The molecule has 2 fully saturated rings. The summed E-state index contributed by atoms with van der Waals surface area (Å²) in [6.45, 7) is 3.77. The van der Waals surface area contributed by atoms with Crippen molar-refractivity contribution in [2.45, 2.75) is 18.4 Å². The highest BCUT2D eigenvalue weighted by molar-refractivity contribution is 14.1. The van der Waals surface area contributed by atoms with Gasteiger partial charge in [0.1, 0.15) is 0 Å². The van der Waals surface area contributed by atoms with Crippen molar-refractivity contribution >= 4 is 22.9 Å². The highest BCUT2D eigenvalue weighted by Gasteiger charge is 2.48. The van der Waals surface area contributed by atoms with E-state index in [1.165, 1.54) is 32.5 Å². The molecule has 58 valence electrons. The minimum Gasteiger partial charge on any atom is -0.298 e. The molecule has 2 aliphatic rings. The van der Waals surface area contributed by atoms with Crippen molar-refractivity contribution in [1.82, 2.24) is 8.01 Å². The van der Waals surface area contributed by atoms with Gasteiger partial charge in [0, 0.05) is 48.0 Å². The Bertz CT molecular complexity index is 145. The van der Waals surface area contributed by atoms with Crippen molar-refractivity contribution in [1.29, 1.82) is 0 Å². The van der Waals surface area contributed by atoms with Crippen LogP contribution < -0.4 is 0 Å². The van der Waals surface area contributed by atoms with Gasteiger partial charge in [-0.15, -0.1) is 0 Å². The second-order valence-corrected chi connectivity index (χ2v) is 4.85. The molecule has 1 spiro atoms. The number of hydrogen-bond donors (Lipinski definition) is 0. The number of hydrogen-bond acceptors (Lipinski definition) is 2. The van der Waals surface area contributed by atoms with Crippen molar-refractivity contribution in [2.24, 2.45) is 0 Å². The zero-order chi connectivity index (χ0) is 7.19. The van der Waals surface area contributed by atoms with Gasteiger partial charge in [0.2, 0.25) is 0 Å². The maximum absolute atomic E-state index is 2.53. The Labute approximate surface area is 76.1 Å². The van der Waals surface area contributed by atoms with Crippen LogP contribution in [0.2, 0.25) is 0 Å². The van der Waals surface area contributed by atoms with E-state index < -0.39 is 0 Å². The van der Waals surface area contributed by atoms with Crippen LogP contribution in [0.4, 0.5) is 0 Å². The van der Waals surface area contributed by atoms with Gasteiger partial charge in [-0.05, 0) is 19.9 Å². The van der Waals surface area contributed by atoms with Gasteiger partial charge >= 0.3 is 0 Å². The number of likely N-dealkylation sites (N-methyl/N-ethyl adjacent to an activating group) is 1. The van der Waals surface area contributed by atoms with E-state index in [4.69, 9.17) is 0 Å². The Kier molecular flexibility index (Phi) is 1.69. The average molecular weight is 252 g/mol. The fraction of sp³-hybridized carbons (Fsp3) is 1.00. The quantitative estimate of drug-likeness (QED) is 0.471. The van der Waals surface area contributed by atoms with Gasteiger partial charge in [-0.1, -0.05) is 0 Å². The Morgan fingerprint density at radius 3 is 2.50 bits per heavy atom. The van der Waals surface area contributed by atoms with Crippen molar-refractivity contribution in [2.75, 3.05) is 26.7 Å². The molecule has 0 amide bonds. The second kappa shape index (κ2) is 2.32. The van der Waals surface area contributed by atoms with Crippen LogP contribution in [-0.4, -0.2) is 40.2 Å². The van der Waals surface area contributed by atoms with E-state index in [2.05, 4.69) is 37.9 Å². The minimum absolute atomic E-state index is 0.611. The Hall–Kier alpha value is 0.650. The summed E-state index contributed by atoms with van der Waals surface area (Å²) in [5.41, 5.74) is 0.611. The molecule has 1 aliphatic heterocycles. The summed E-state index contributed by atoms with van der Waals surface area (Å²) >= 11 is 2.44. The predicted molar refractivity (Wildman–Crippen MR) is 50.2 cm³/mol. The maximum Gasteiger partial charge on any atom is 0.0343 e. The molecule has 1 saturated carbocycles. The summed E-state index contributed by atoms with van der Waals surface area (Å²) in [4.78, 5) is 2.53. The van der Waals surface area contributed by atoms with E-state index >= 15 is 0 Å². The van der Waals surface area contributed by atoms with Gasteiger partial charge in [-0.3, -0.25) is 4.90 Å². The van der Waals surface area contributed by atoms with Crippen LogP contribution in [0, 0.1) is 0 Å². The summed E-state index contributed by atoms with van der Waals surface area (Å²) in [5, 5.41) is 0. The molecule has 0 N–H and O–H groups in total. The van der Waals surface area contributed by atoms with Crippen LogP contribution in [0.5, 0.6) is 0 Å². The standard InChI is InChI=1S/C7H13IN2/c1-9-4-5-10(8)6-7(9)2-3-7/h2-6H2,1H3. The summed E-state index contributed by atoms with van der Waals surface area (Å²) in [5.74, 6) is 0. The third-order valence-corrected chi connectivity index (χ3v) is 3.60. The smallest absolute Gasteiger partial charge is 0.0343 e. The van der Waals surface area contributed by atoms with E-state index in [-0.39, 0.29) is 0 Å². The van der Waals surface area contributed by atoms with Crippen LogP contribution >= 0.6 is 22.9 Å². The topological polar surface area (TPSA) is 6.48 Å². The molecule has 0 aromatic rings. The maximum atomic E-state index is 2.53. The van der Waals surface area contributed by atoms with Crippen molar-refractivity contribution in [3.8, 4) is 0 Å². The SMILES string of the molecule is CN1CCN(I)CC12CC2. The Morgan fingerprint density at radius 1 is 1.30 bits per heavy atom. The molecule has 1 aliphatic carbocycles. The lowest BCUT2D eigenvalue weighted by molar-refractivity contribution is 0.145. The third-order valence-electron chi connectivity index (χ3n) is 2.78. The first kappa shape index (κ1) is 7.31. The monoisotopic (exact) mass is 252 g/mol. The minimum atomic E-state index is 0.611. The fourth-order valence-electron chi connectivity index (χ4n) is 1.70. The highest BCUT2D eigenvalue weighted by Crippen LogP contribution is 2.43. The van der Waals surface area contributed by atoms with E-state index in [0.717, 1.165) is 0 Å². The Balaban J connectivity index is 2.03. The first-order valence-corrected chi connectivity index (χ1v) is 4.81. The van der Waals surface area contributed by atoms with Gasteiger partial charge in [-0.2, -0.15) is 0 Å². The molecule has 1 heterocycles. The average Bonchev–Trinajstić information content (AvgIpc) is 2.62. The molecular weight excluding hydrogens is 239 g/mol. The lowest BCUT2D eigenvalue weighted by Gasteiger charge is -2.36.